The van der Waals surface area contributed by atoms with Crippen molar-refractivity contribution in [3.8, 4) is 0 Å². The molecule has 0 aliphatic rings. The Morgan fingerprint density at radius 2 is 2.04 bits per heavy atom. The fourth-order valence-corrected chi connectivity index (χ4v) is 3.51. The predicted molar refractivity (Wildman–Crippen MR) is 120 cm³/mol. The lowest BCUT2D eigenvalue weighted by Crippen LogP contribution is -2.42. The summed E-state index contributed by atoms with van der Waals surface area (Å²) in [6, 6.07) is 4.63. The zero-order valence-corrected chi connectivity index (χ0v) is 19.6. The zero-order chi connectivity index (χ0) is 17.9. The number of nitrogens with one attached hydrogen (secondary N) is 2. The third-order valence-corrected chi connectivity index (χ3v) is 5.00. The molecule has 2 unspecified atom stereocenters. The number of thiophene rings is 1. The Labute approximate surface area is 174 Å². The first-order chi connectivity index (χ1) is 11.5. The molecule has 0 aliphatic carbocycles. The quantitative estimate of drug-likeness (QED) is 0.304. The highest BCUT2D eigenvalue weighted by Crippen LogP contribution is 2.22. The number of guanidine groups is 1. The average Bonchev–Trinajstić information content (AvgIpc) is 3.06. The minimum absolute atomic E-state index is 0. The van der Waals surface area contributed by atoms with Gasteiger partial charge in [-0.15, -0.1) is 35.3 Å². The van der Waals surface area contributed by atoms with Gasteiger partial charge in [0.2, 0.25) is 0 Å². The van der Waals surface area contributed by atoms with Crippen LogP contribution in [0.25, 0.3) is 0 Å². The molecule has 0 radical (unpaired) electrons. The van der Waals surface area contributed by atoms with Gasteiger partial charge in [0.25, 0.3) is 0 Å². The van der Waals surface area contributed by atoms with Crippen LogP contribution in [-0.2, 0) is 4.74 Å². The molecule has 0 aliphatic heterocycles. The second-order valence-electron chi connectivity index (χ2n) is 6.40. The van der Waals surface area contributed by atoms with E-state index in [1.165, 1.54) is 4.88 Å². The minimum Gasteiger partial charge on any atom is -0.378 e. The topological polar surface area (TPSA) is 48.9 Å². The Balaban J connectivity index is 0.00000576. The van der Waals surface area contributed by atoms with Crippen molar-refractivity contribution in [2.75, 3.05) is 40.8 Å². The Kier molecular flexibility index (Phi) is 13.6. The van der Waals surface area contributed by atoms with Crippen LogP contribution in [0, 0.1) is 5.92 Å². The molecule has 25 heavy (non-hydrogen) atoms. The van der Waals surface area contributed by atoms with Gasteiger partial charge in [0.15, 0.2) is 5.96 Å². The fraction of sp³-hybridized carbons (Fsp3) is 0.722. The number of hydrogen-bond acceptors (Lipinski definition) is 4. The van der Waals surface area contributed by atoms with Crippen molar-refractivity contribution in [1.82, 2.24) is 15.5 Å². The van der Waals surface area contributed by atoms with Crippen LogP contribution in [0.4, 0.5) is 0 Å². The van der Waals surface area contributed by atoms with Crippen molar-refractivity contribution in [3.05, 3.63) is 22.4 Å². The summed E-state index contributed by atoms with van der Waals surface area (Å²) >= 11 is 1.79. The first-order valence-electron chi connectivity index (χ1n) is 8.75. The molecular weight excluding hydrogens is 447 g/mol. The molecular formula is C18H35IN4OS. The van der Waals surface area contributed by atoms with E-state index in [0.717, 1.165) is 32.1 Å². The Morgan fingerprint density at radius 1 is 1.32 bits per heavy atom. The van der Waals surface area contributed by atoms with Gasteiger partial charge in [0, 0.05) is 31.6 Å². The van der Waals surface area contributed by atoms with Crippen molar-refractivity contribution in [2.45, 2.75) is 39.3 Å². The molecule has 1 aromatic heterocycles. The highest BCUT2D eigenvalue weighted by molar-refractivity contribution is 14.0. The smallest absolute Gasteiger partial charge is 0.191 e. The number of aliphatic imine (C=N–C) groups is 1. The Bertz CT molecular complexity index is 466. The summed E-state index contributed by atoms with van der Waals surface area (Å²) in [6.07, 6.45) is 1.27. The largest absolute Gasteiger partial charge is 0.378 e. The number of nitrogens with zero attached hydrogens (tertiary/aromatic N) is 2. The molecule has 1 heterocycles. The lowest BCUT2D eigenvalue weighted by molar-refractivity contribution is 0.0258. The van der Waals surface area contributed by atoms with Crippen molar-refractivity contribution < 1.29 is 4.74 Å². The minimum atomic E-state index is 0. The van der Waals surface area contributed by atoms with Crippen molar-refractivity contribution in [2.24, 2.45) is 10.9 Å². The number of ether oxygens (including phenoxy) is 1. The number of hydrogen-bond donors (Lipinski definition) is 2. The highest BCUT2D eigenvalue weighted by atomic mass is 127. The van der Waals surface area contributed by atoms with E-state index in [2.05, 4.69) is 72.9 Å². The molecule has 7 heteroatoms. The van der Waals surface area contributed by atoms with Gasteiger partial charge in [0.05, 0.1) is 12.1 Å². The van der Waals surface area contributed by atoms with Gasteiger partial charge in [0.1, 0.15) is 0 Å². The second kappa shape index (κ2) is 13.8. The molecule has 0 saturated carbocycles. The van der Waals surface area contributed by atoms with Crippen molar-refractivity contribution in [1.29, 1.82) is 0 Å². The molecule has 2 atom stereocenters. The lowest BCUT2D eigenvalue weighted by Gasteiger charge is -2.25. The molecule has 146 valence electrons. The summed E-state index contributed by atoms with van der Waals surface area (Å²) in [5.41, 5.74) is 0. The molecule has 0 saturated heterocycles. The molecule has 1 rings (SSSR count). The standard InChI is InChI=1S/C18H34N4OS.HI/c1-7-23-16(14(2)3)10-11-20-18(19-4)21-13-15(22(5)6)17-9-8-12-24-17;/h8-9,12,14-16H,7,10-11,13H2,1-6H3,(H2,19,20,21);1H. The summed E-state index contributed by atoms with van der Waals surface area (Å²) < 4.78 is 5.79. The summed E-state index contributed by atoms with van der Waals surface area (Å²) in [7, 11) is 6.03. The van der Waals surface area contributed by atoms with Crippen molar-refractivity contribution >= 4 is 41.3 Å². The Hall–Kier alpha value is -0.380. The molecule has 0 aromatic carbocycles. The molecule has 0 amide bonds. The fourth-order valence-electron chi connectivity index (χ4n) is 2.59. The van der Waals surface area contributed by atoms with E-state index in [1.807, 2.05) is 7.05 Å². The molecule has 5 nitrogen and oxygen atoms in total. The van der Waals surface area contributed by atoms with E-state index in [1.54, 1.807) is 11.3 Å². The van der Waals surface area contributed by atoms with Gasteiger partial charge in [-0.1, -0.05) is 19.9 Å². The van der Waals surface area contributed by atoms with Crippen LogP contribution >= 0.6 is 35.3 Å². The molecule has 0 bridgehead atoms. The van der Waals surface area contributed by atoms with Crippen LogP contribution < -0.4 is 10.6 Å². The van der Waals surface area contributed by atoms with Crippen LogP contribution in [-0.4, -0.2) is 57.8 Å². The first kappa shape index (κ1) is 24.6. The van der Waals surface area contributed by atoms with Gasteiger partial charge < -0.3 is 20.3 Å². The van der Waals surface area contributed by atoms with E-state index in [4.69, 9.17) is 4.74 Å². The number of halogens is 1. The van der Waals surface area contributed by atoms with E-state index in [-0.39, 0.29) is 24.0 Å². The van der Waals surface area contributed by atoms with E-state index < -0.39 is 0 Å². The third kappa shape index (κ3) is 9.21. The molecule has 0 fully saturated rings. The maximum Gasteiger partial charge on any atom is 0.191 e. The molecule has 0 spiro atoms. The normalized spacial score (nSPS) is 14.3. The van der Waals surface area contributed by atoms with Crippen molar-refractivity contribution in [3.63, 3.8) is 0 Å². The third-order valence-electron chi connectivity index (χ3n) is 4.03. The van der Waals surface area contributed by atoms with E-state index in [0.29, 0.717) is 18.1 Å². The van der Waals surface area contributed by atoms with Crippen LogP contribution in [0.3, 0.4) is 0 Å². The highest BCUT2D eigenvalue weighted by Gasteiger charge is 2.16. The first-order valence-corrected chi connectivity index (χ1v) is 9.63. The summed E-state index contributed by atoms with van der Waals surface area (Å²) in [5.74, 6) is 1.37. The average molecular weight is 482 g/mol. The van der Waals surface area contributed by atoms with Gasteiger partial charge in [-0.25, -0.2) is 0 Å². The van der Waals surface area contributed by atoms with Gasteiger partial charge in [-0.05, 0) is 44.8 Å². The predicted octanol–water partition coefficient (Wildman–Crippen LogP) is 3.59. The Morgan fingerprint density at radius 3 is 2.52 bits per heavy atom. The van der Waals surface area contributed by atoms with Crippen LogP contribution in [0.1, 0.15) is 38.1 Å². The van der Waals surface area contributed by atoms with Gasteiger partial charge in [-0.2, -0.15) is 0 Å². The number of likely N-dealkylation sites (N-methyl/N-ethyl adjacent to an activating group) is 1. The van der Waals surface area contributed by atoms with Gasteiger partial charge in [-0.3, -0.25) is 4.99 Å². The summed E-state index contributed by atoms with van der Waals surface area (Å²) in [5, 5.41) is 8.96. The summed E-state index contributed by atoms with van der Waals surface area (Å²) in [4.78, 5) is 7.92. The zero-order valence-electron chi connectivity index (χ0n) is 16.4. The number of rotatable bonds is 10. The monoisotopic (exact) mass is 482 g/mol. The molecule has 1 aromatic rings. The van der Waals surface area contributed by atoms with E-state index >= 15 is 0 Å². The molecule has 2 N–H and O–H groups in total. The van der Waals surface area contributed by atoms with Crippen LogP contribution in [0.5, 0.6) is 0 Å². The SMILES string of the molecule is CCOC(CCNC(=NC)NCC(c1cccs1)N(C)C)C(C)C.I. The van der Waals surface area contributed by atoms with Crippen LogP contribution in [0.15, 0.2) is 22.5 Å². The van der Waals surface area contributed by atoms with Gasteiger partial charge >= 0.3 is 0 Å². The summed E-state index contributed by atoms with van der Waals surface area (Å²) in [6.45, 7) is 8.91. The maximum absolute atomic E-state index is 5.79. The van der Waals surface area contributed by atoms with E-state index in [9.17, 15) is 0 Å². The maximum atomic E-state index is 5.79. The second-order valence-corrected chi connectivity index (χ2v) is 7.38. The lowest BCUT2D eigenvalue weighted by atomic mass is 10.0. The van der Waals surface area contributed by atoms with Crippen LogP contribution in [0.2, 0.25) is 0 Å².